The standard InChI is InChI=1S/C18H12N4O3S/c1-10-13(11-4-6-19-7-5-11)9-14-15(18(23)21-17(14)20-10)8-12-2-3-16(26-12)22(24)25/h2-9H,1H3,(H,20,21,23). The smallest absolute Gasteiger partial charge is 0.306 e. The van der Waals surface area contributed by atoms with E-state index in [0.717, 1.165) is 28.2 Å². The van der Waals surface area contributed by atoms with Crippen molar-refractivity contribution in [3.05, 3.63) is 69.0 Å². The number of pyridine rings is 2. The van der Waals surface area contributed by atoms with E-state index in [0.29, 0.717) is 21.8 Å². The van der Waals surface area contributed by atoms with Crippen LogP contribution in [0.4, 0.5) is 10.8 Å². The molecule has 0 fully saturated rings. The third-order valence-electron chi connectivity index (χ3n) is 4.05. The molecule has 0 spiro atoms. The van der Waals surface area contributed by atoms with E-state index in [4.69, 9.17) is 0 Å². The number of rotatable bonds is 3. The van der Waals surface area contributed by atoms with Crippen molar-refractivity contribution in [1.82, 2.24) is 9.97 Å². The van der Waals surface area contributed by atoms with Crippen LogP contribution in [0.15, 0.2) is 42.7 Å². The Morgan fingerprint density at radius 2 is 1.96 bits per heavy atom. The molecule has 3 aromatic rings. The van der Waals surface area contributed by atoms with Crippen LogP contribution in [-0.4, -0.2) is 20.8 Å². The summed E-state index contributed by atoms with van der Waals surface area (Å²) < 4.78 is 0. The SMILES string of the molecule is Cc1nc2c(cc1-c1ccncc1)C(=Cc1ccc([N+](=O)[O-])s1)C(=O)N2. The molecule has 1 aliphatic rings. The highest BCUT2D eigenvalue weighted by Crippen LogP contribution is 2.37. The van der Waals surface area contributed by atoms with E-state index < -0.39 is 4.92 Å². The molecule has 3 aromatic heterocycles. The Labute approximate surface area is 152 Å². The van der Waals surface area contributed by atoms with Gasteiger partial charge in [0.15, 0.2) is 0 Å². The summed E-state index contributed by atoms with van der Waals surface area (Å²) in [6.45, 7) is 1.88. The van der Waals surface area contributed by atoms with E-state index in [1.54, 1.807) is 24.5 Å². The molecule has 1 aliphatic heterocycles. The van der Waals surface area contributed by atoms with Crippen molar-refractivity contribution >= 4 is 39.7 Å². The van der Waals surface area contributed by atoms with Gasteiger partial charge >= 0.3 is 5.00 Å². The number of carbonyl (C=O) groups excluding carboxylic acids is 1. The number of fused-ring (bicyclic) bond motifs is 1. The zero-order valence-electron chi connectivity index (χ0n) is 13.6. The summed E-state index contributed by atoms with van der Waals surface area (Å²) in [5.41, 5.74) is 3.79. The van der Waals surface area contributed by atoms with Crippen LogP contribution in [0.1, 0.15) is 16.1 Å². The lowest BCUT2D eigenvalue weighted by Crippen LogP contribution is -2.04. The lowest BCUT2D eigenvalue weighted by Gasteiger charge is -2.08. The average Bonchev–Trinajstić information content (AvgIpc) is 3.20. The van der Waals surface area contributed by atoms with Gasteiger partial charge in [-0.1, -0.05) is 11.3 Å². The van der Waals surface area contributed by atoms with Crippen LogP contribution in [0.3, 0.4) is 0 Å². The van der Waals surface area contributed by atoms with Crippen molar-refractivity contribution in [2.45, 2.75) is 6.92 Å². The van der Waals surface area contributed by atoms with Crippen LogP contribution in [-0.2, 0) is 4.79 Å². The summed E-state index contributed by atoms with van der Waals surface area (Å²) in [5, 5.41) is 13.6. The minimum Gasteiger partial charge on any atom is -0.306 e. The summed E-state index contributed by atoms with van der Waals surface area (Å²) >= 11 is 1.02. The number of amides is 1. The second kappa shape index (κ2) is 6.16. The Morgan fingerprint density at radius 3 is 2.65 bits per heavy atom. The highest BCUT2D eigenvalue weighted by molar-refractivity contribution is 7.16. The topological polar surface area (TPSA) is 98.0 Å². The third-order valence-corrected chi connectivity index (χ3v) is 5.03. The number of aryl methyl sites for hydroxylation is 1. The van der Waals surface area contributed by atoms with Crippen molar-refractivity contribution in [2.24, 2.45) is 0 Å². The van der Waals surface area contributed by atoms with Crippen LogP contribution >= 0.6 is 11.3 Å². The normalized spacial score (nSPS) is 14.3. The van der Waals surface area contributed by atoms with Crippen molar-refractivity contribution in [1.29, 1.82) is 0 Å². The average molecular weight is 364 g/mol. The van der Waals surface area contributed by atoms with Crippen LogP contribution in [0, 0.1) is 17.0 Å². The van der Waals surface area contributed by atoms with Crippen LogP contribution < -0.4 is 5.32 Å². The summed E-state index contributed by atoms with van der Waals surface area (Å²) in [7, 11) is 0. The largest absolute Gasteiger partial charge is 0.324 e. The van der Waals surface area contributed by atoms with Gasteiger partial charge < -0.3 is 5.32 Å². The summed E-state index contributed by atoms with van der Waals surface area (Å²) in [6.07, 6.45) is 5.06. The predicted molar refractivity (Wildman–Crippen MR) is 99.7 cm³/mol. The van der Waals surface area contributed by atoms with E-state index in [9.17, 15) is 14.9 Å². The number of thiophene rings is 1. The summed E-state index contributed by atoms with van der Waals surface area (Å²) in [5.74, 6) is 0.234. The van der Waals surface area contributed by atoms with Gasteiger partial charge in [-0.25, -0.2) is 4.98 Å². The molecule has 0 aromatic carbocycles. The first kappa shape index (κ1) is 16.1. The van der Waals surface area contributed by atoms with Gasteiger partial charge in [-0.2, -0.15) is 0 Å². The minimum atomic E-state index is -0.443. The maximum atomic E-state index is 12.4. The second-order valence-corrected chi connectivity index (χ2v) is 6.79. The maximum Gasteiger partial charge on any atom is 0.324 e. The molecule has 0 saturated carbocycles. The first-order valence-corrected chi connectivity index (χ1v) is 8.54. The molecular formula is C18H12N4O3S. The molecule has 0 unspecified atom stereocenters. The molecule has 1 amide bonds. The zero-order valence-corrected chi connectivity index (χ0v) is 14.4. The molecule has 0 radical (unpaired) electrons. The zero-order chi connectivity index (χ0) is 18.3. The van der Waals surface area contributed by atoms with Gasteiger partial charge in [-0.05, 0) is 42.8 Å². The monoisotopic (exact) mass is 364 g/mol. The Kier molecular flexibility index (Phi) is 3.81. The number of hydrogen-bond donors (Lipinski definition) is 1. The fraction of sp³-hybridized carbons (Fsp3) is 0.0556. The molecule has 26 heavy (non-hydrogen) atoms. The van der Waals surface area contributed by atoms with Gasteiger partial charge in [0.1, 0.15) is 5.82 Å². The van der Waals surface area contributed by atoms with Gasteiger partial charge in [0.2, 0.25) is 0 Å². The lowest BCUT2D eigenvalue weighted by atomic mass is 10.0. The fourth-order valence-electron chi connectivity index (χ4n) is 2.83. The molecule has 1 N–H and O–H groups in total. The third kappa shape index (κ3) is 2.76. The quantitative estimate of drug-likeness (QED) is 0.431. The van der Waals surface area contributed by atoms with Crippen molar-refractivity contribution < 1.29 is 9.72 Å². The number of hydrogen-bond acceptors (Lipinski definition) is 6. The van der Waals surface area contributed by atoms with Gasteiger partial charge in [-0.3, -0.25) is 19.9 Å². The van der Waals surface area contributed by atoms with E-state index in [-0.39, 0.29) is 10.9 Å². The van der Waals surface area contributed by atoms with Gasteiger partial charge in [0.25, 0.3) is 5.91 Å². The molecule has 7 nitrogen and oxygen atoms in total. The van der Waals surface area contributed by atoms with E-state index in [2.05, 4.69) is 15.3 Å². The Hall–Kier alpha value is -3.39. The van der Waals surface area contributed by atoms with Crippen molar-refractivity contribution in [2.75, 3.05) is 5.32 Å². The highest BCUT2D eigenvalue weighted by atomic mass is 32.1. The first-order valence-electron chi connectivity index (χ1n) is 7.72. The number of nitrogens with one attached hydrogen (secondary N) is 1. The first-order chi connectivity index (χ1) is 12.5. The number of aromatic nitrogens is 2. The molecule has 8 heteroatoms. The fourth-order valence-corrected chi connectivity index (χ4v) is 3.60. The predicted octanol–water partition coefficient (Wildman–Crippen LogP) is 3.91. The van der Waals surface area contributed by atoms with Crippen LogP contribution in [0.2, 0.25) is 0 Å². The molecule has 0 aliphatic carbocycles. The van der Waals surface area contributed by atoms with E-state index in [1.807, 2.05) is 25.1 Å². The molecule has 0 bridgehead atoms. The Bertz CT molecular complexity index is 1070. The minimum absolute atomic E-state index is 0.0370. The van der Waals surface area contributed by atoms with Gasteiger partial charge in [0, 0.05) is 40.2 Å². The van der Waals surface area contributed by atoms with Crippen molar-refractivity contribution in [3.63, 3.8) is 0 Å². The molecule has 4 heterocycles. The highest BCUT2D eigenvalue weighted by Gasteiger charge is 2.27. The maximum absolute atomic E-state index is 12.4. The molecule has 4 rings (SSSR count). The number of anilines is 1. The lowest BCUT2D eigenvalue weighted by molar-refractivity contribution is -0.380. The Morgan fingerprint density at radius 1 is 1.19 bits per heavy atom. The van der Waals surface area contributed by atoms with Crippen LogP contribution in [0.25, 0.3) is 22.8 Å². The summed E-state index contributed by atoms with van der Waals surface area (Å²) in [4.78, 5) is 32.0. The van der Waals surface area contributed by atoms with Gasteiger partial charge in [0.05, 0.1) is 10.5 Å². The molecule has 0 saturated heterocycles. The number of nitro groups is 1. The van der Waals surface area contributed by atoms with Gasteiger partial charge in [-0.15, -0.1) is 0 Å². The van der Waals surface area contributed by atoms with Crippen molar-refractivity contribution in [3.8, 4) is 11.1 Å². The summed E-state index contributed by atoms with van der Waals surface area (Å²) in [6, 6.07) is 8.74. The molecule has 128 valence electrons. The Balaban J connectivity index is 1.82. The van der Waals surface area contributed by atoms with Crippen LogP contribution in [0.5, 0.6) is 0 Å². The molecule has 0 atom stereocenters. The number of carbonyl (C=O) groups is 1. The van der Waals surface area contributed by atoms with E-state index >= 15 is 0 Å². The van der Waals surface area contributed by atoms with E-state index in [1.165, 1.54) is 6.07 Å². The number of nitrogens with zero attached hydrogens (tertiary/aromatic N) is 3. The molecular weight excluding hydrogens is 352 g/mol. The second-order valence-electron chi connectivity index (χ2n) is 5.70.